The molecule has 2 fully saturated rings. The molecule has 120 valence electrons. The van der Waals surface area contributed by atoms with Crippen LogP contribution in [-0.4, -0.2) is 47.0 Å². The molecule has 2 heterocycles. The maximum Gasteiger partial charge on any atom is 0.228 e. The summed E-state index contributed by atoms with van der Waals surface area (Å²) >= 11 is 6.14. The highest BCUT2D eigenvalue weighted by molar-refractivity contribution is 6.29. The second kappa shape index (κ2) is 5.69. The lowest BCUT2D eigenvalue weighted by molar-refractivity contribution is -0.139. The summed E-state index contributed by atoms with van der Waals surface area (Å²) in [7, 11) is 0. The first kappa shape index (κ1) is 15.5. The van der Waals surface area contributed by atoms with Gasteiger partial charge in [0.15, 0.2) is 0 Å². The van der Waals surface area contributed by atoms with Gasteiger partial charge in [-0.3, -0.25) is 4.79 Å². The normalized spacial score (nSPS) is 19.5. The molecule has 0 aromatic carbocycles. The molecular formula is C16H23ClN4O. The summed E-state index contributed by atoms with van der Waals surface area (Å²) in [6.45, 7) is 8.95. The fourth-order valence-electron chi connectivity index (χ4n) is 2.72. The van der Waals surface area contributed by atoms with Crippen LogP contribution in [0, 0.1) is 5.41 Å². The van der Waals surface area contributed by atoms with E-state index in [-0.39, 0.29) is 11.3 Å². The third-order valence-corrected chi connectivity index (χ3v) is 4.37. The Balaban J connectivity index is 1.68. The van der Waals surface area contributed by atoms with Crippen LogP contribution in [0.4, 0.5) is 5.82 Å². The zero-order chi connectivity index (χ0) is 15.9. The number of rotatable bonds is 2. The fraction of sp³-hybridized carbons (Fsp3) is 0.688. The molecule has 3 rings (SSSR count). The van der Waals surface area contributed by atoms with Crippen molar-refractivity contribution < 1.29 is 4.79 Å². The van der Waals surface area contributed by atoms with Crippen molar-refractivity contribution in [3.05, 3.63) is 17.0 Å². The maximum absolute atomic E-state index is 12.3. The summed E-state index contributed by atoms with van der Waals surface area (Å²) in [5.41, 5.74) is -0.320. The van der Waals surface area contributed by atoms with Gasteiger partial charge in [0, 0.05) is 43.6 Å². The predicted octanol–water partition coefficient (Wildman–Crippen LogP) is 2.70. The first-order valence-corrected chi connectivity index (χ1v) is 8.31. The van der Waals surface area contributed by atoms with Gasteiger partial charge in [-0.2, -0.15) is 0 Å². The minimum atomic E-state index is -0.320. The average Bonchev–Trinajstić information content (AvgIpc) is 3.29. The molecule has 0 atom stereocenters. The lowest BCUT2D eigenvalue weighted by atomic mass is 9.94. The van der Waals surface area contributed by atoms with Gasteiger partial charge in [0.25, 0.3) is 0 Å². The van der Waals surface area contributed by atoms with Crippen molar-refractivity contribution in [3.8, 4) is 0 Å². The van der Waals surface area contributed by atoms with E-state index in [9.17, 15) is 4.79 Å². The van der Waals surface area contributed by atoms with Crippen molar-refractivity contribution in [1.82, 2.24) is 14.9 Å². The van der Waals surface area contributed by atoms with Gasteiger partial charge in [0.2, 0.25) is 5.91 Å². The van der Waals surface area contributed by atoms with Crippen LogP contribution < -0.4 is 4.90 Å². The summed E-state index contributed by atoms with van der Waals surface area (Å²) in [4.78, 5) is 25.5. The van der Waals surface area contributed by atoms with E-state index in [0.717, 1.165) is 50.7 Å². The number of nitrogens with zero attached hydrogens (tertiary/aromatic N) is 4. The van der Waals surface area contributed by atoms with E-state index in [4.69, 9.17) is 11.6 Å². The molecule has 0 radical (unpaired) electrons. The molecule has 5 nitrogen and oxygen atoms in total. The maximum atomic E-state index is 12.3. The van der Waals surface area contributed by atoms with Crippen molar-refractivity contribution in [2.24, 2.45) is 5.41 Å². The Morgan fingerprint density at radius 3 is 2.36 bits per heavy atom. The molecule has 1 aromatic heterocycles. The highest BCUT2D eigenvalue weighted by Gasteiger charge is 2.31. The van der Waals surface area contributed by atoms with E-state index in [2.05, 4.69) is 14.9 Å². The molecule has 0 bridgehead atoms. The summed E-state index contributed by atoms with van der Waals surface area (Å²) in [5.74, 6) is 2.47. The van der Waals surface area contributed by atoms with Gasteiger partial charge >= 0.3 is 0 Å². The van der Waals surface area contributed by atoms with Crippen LogP contribution in [0.25, 0.3) is 0 Å². The largest absolute Gasteiger partial charge is 0.353 e. The van der Waals surface area contributed by atoms with Gasteiger partial charge in [-0.1, -0.05) is 32.4 Å². The Morgan fingerprint density at radius 1 is 1.18 bits per heavy atom. The highest BCUT2D eigenvalue weighted by atomic mass is 35.5. The van der Waals surface area contributed by atoms with Gasteiger partial charge in [-0.25, -0.2) is 9.97 Å². The second-order valence-corrected chi connectivity index (χ2v) is 7.60. The number of hydrogen-bond acceptors (Lipinski definition) is 4. The molecule has 1 aliphatic carbocycles. The molecule has 2 aliphatic rings. The fourth-order valence-corrected chi connectivity index (χ4v) is 2.91. The zero-order valence-corrected chi connectivity index (χ0v) is 14.2. The van der Waals surface area contributed by atoms with E-state index in [1.54, 1.807) is 0 Å². The van der Waals surface area contributed by atoms with Crippen LogP contribution in [-0.2, 0) is 4.79 Å². The van der Waals surface area contributed by atoms with E-state index in [1.807, 2.05) is 31.7 Å². The highest BCUT2D eigenvalue weighted by Crippen LogP contribution is 2.39. The Morgan fingerprint density at radius 2 is 1.82 bits per heavy atom. The van der Waals surface area contributed by atoms with Gasteiger partial charge in [-0.05, 0) is 12.8 Å². The van der Waals surface area contributed by atoms with Crippen LogP contribution >= 0.6 is 11.6 Å². The van der Waals surface area contributed by atoms with Crippen molar-refractivity contribution in [1.29, 1.82) is 0 Å². The molecule has 0 N–H and O–H groups in total. The number of piperazine rings is 1. The topological polar surface area (TPSA) is 49.3 Å². The van der Waals surface area contributed by atoms with Gasteiger partial charge in [0.05, 0.1) is 0 Å². The van der Waals surface area contributed by atoms with Crippen molar-refractivity contribution in [2.45, 2.75) is 39.5 Å². The van der Waals surface area contributed by atoms with E-state index < -0.39 is 0 Å². The van der Waals surface area contributed by atoms with Crippen LogP contribution in [0.3, 0.4) is 0 Å². The molecule has 0 unspecified atom stereocenters. The molecule has 1 aliphatic heterocycles. The number of anilines is 1. The van der Waals surface area contributed by atoms with Crippen LogP contribution in [0.15, 0.2) is 6.07 Å². The van der Waals surface area contributed by atoms with Gasteiger partial charge in [0.1, 0.15) is 16.8 Å². The number of hydrogen-bond donors (Lipinski definition) is 0. The Bertz CT molecular complexity index is 572. The lowest BCUT2D eigenvalue weighted by Crippen LogP contribution is -2.51. The third kappa shape index (κ3) is 3.35. The first-order valence-electron chi connectivity index (χ1n) is 7.93. The predicted molar refractivity (Wildman–Crippen MR) is 87.3 cm³/mol. The molecule has 1 saturated carbocycles. The second-order valence-electron chi connectivity index (χ2n) is 7.21. The average molecular weight is 323 g/mol. The standard InChI is InChI=1S/C16H23ClN4O/c1-16(2,3)15(22)21-8-6-20(7-9-21)13-10-12(17)18-14(19-13)11-4-5-11/h10-11H,4-9H2,1-3H3. The number of halogens is 1. The van der Waals surface area contributed by atoms with Crippen LogP contribution in [0.1, 0.15) is 45.4 Å². The van der Waals surface area contributed by atoms with Gasteiger partial charge in [-0.15, -0.1) is 0 Å². The molecular weight excluding hydrogens is 300 g/mol. The summed E-state index contributed by atoms with van der Waals surface area (Å²) in [6.07, 6.45) is 2.32. The first-order chi connectivity index (χ1) is 10.3. The van der Waals surface area contributed by atoms with E-state index in [0.29, 0.717) is 11.1 Å². The molecule has 6 heteroatoms. The third-order valence-electron chi connectivity index (χ3n) is 4.17. The smallest absolute Gasteiger partial charge is 0.228 e. The molecule has 1 saturated heterocycles. The Labute approximate surface area is 136 Å². The van der Waals surface area contributed by atoms with Crippen molar-refractivity contribution in [3.63, 3.8) is 0 Å². The minimum Gasteiger partial charge on any atom is -0.353 e. The monoisotopic (exact) mass is 322 g/mol. The number of amides is 1. The van der Waals surface area contributed by atoms with Gasteiger partial charge < -0.3 is 9.80 Å². The lowest BCUT2D eigenvalue weighted by Gasteiger charge is -2.38. The van der Waals surface area contributed by atoms with Crippen molar-refractivity contribution in [2.75, 3.05) is 31.1 Å². The number of aromatic nitrogens is 2. The molecule has 0 spiro atoms. The summed E-state index contributed by atoms with van der Waals surface area (Å²) < 4.78 is 0. The molecule has 1 aromatic rings. The number of carbonyl (C=O) groups excluding carboxylic acids is 1. The van der Waals surface area contributed by atoms with E-state index in [1.165, 1.54) is 0 Å². The number of carbonyl (C=O) groups is 1. The Hall–Kier alpha value is -1.36. The minimum absolute atomic E-state index is 0.214. The SMILES string of the molecule is CC(C)(C)C(=O)N1CCN(c2cc(Cl)nc(C3CC3)n2)CC1. The quantitative estimate of drug-likeness (QED) is 0.786. The van der Waals surface area contributed by atoms with Crippen LogP contribution in [0.2, 0.25) is 5.15 Å². The van der Waals surface area contributed by atoms with Crippen molar-refractivity contribution >= 4 is 23.3 Å². The molecule has 1 amide bonds. The summed E-state index contributed by atoms with van der Waals surface area (Å²) in [5, 5.41) is 0.514. The van der Waals surface area contributed by atoms with Crippen LogP contribution in [0.5, 0.6) is 0 Å². The Kier molecular flexibility index (Phi) is 4.02. The van der Waals surface area contributed by atoms with E-state index >= 15 is 0 Å². The molecule has 22 heavy (non-hydrogen) atoms. The zero-order valence-electron chi connectivity index (χ0n) is 13.5. The summed E-state index contributed by atoms with van der Waals surface area (Å²) in [6, 6.07) is 1.83.